The Balaban J connectivity index is 2.24. The molecule has 31 heavy (non-hydrogen) atoms. The molecule has 2 aromatic carbocycles. The van der Waals surface area contributed by atoms with Gasteiger partial charge in [-0.05, 0) is 41.0 Å². The number of carbonyl (C=O) groups excluding carboxylic acids is 1. The van der Waals surface area contributed by atoms with Gasteiger partial charge < -0.3 is 28.9 Å². The molecule has 0 saturated carbocycles. The van der Waals surface area contributed by atoms with Crippen molar-refractivity contribution in [3.05, 3.63) is 47.5 Å². The summed E-state index contributed by atoms with van der Waals surface area (Å²) in [6.45, 7) is 1.32. The van der Waals surface area contributed by atoms with Crippen LogP contribution in [0.2, 0.25) is 0 Å². The summed E-state index contributed by atoms with van der Waals surface area (Å²) in [5, 5.41) is 13.3. The highest BCUT2D eigenvalue weighted by atomic mass is 16.5. The van der Waals surface area contributed by atoms with Crippen molar-refractivity contribution >= 4 is 22.8 Å². The van der Waals surface area contributed by atoms with Gasteiger partial charge in [0.15, 0.2) is 17.6 Å². The first kappa shape index (κ1) is 22.0. The molecule has 1 atom stereocenters. The standard InChI is InChI=1S/C23H25NO7/c1-13(25)31-18-12-17(14-6-8-16(27-2)9-7-14)21(22(18)24-26)15-10-19(28-3)23(30-5)20(11-15)29-4/h6-11,18,26H,12H2,1-5H3. The Kier molecular flexibility index (Phi) is 6.69. The number of methoxy groups -OCH3 is 4. The minimum absolute atomic E-state index is 0.246. The van der Waals surface area contributed by atoms with Gasteiger partial charge in [-0.15, -0.1) is 0 Å². The molecular weight excluding hydrogens is 402 g/mol. The molecule has 0 aliphatic heterocycles. The lowest BCUT2D eigenvalue weighted by Crippen LogP contribution is -2.23. The third-order valence-corrected chi connectivity index (χ3v) is 5.06. The molecule has 1 aliphatic carbocycles. The topological polar surface area (TPSA) is 95.8 Å². The number of hydrogen-bond acceptors (Lipinski definition) is 8. The molecule has 8 heteroatoms. The second-order valence-electron chi connectivity index (χ2n) is 6.78. The maximum atomic E-state index is 11.7. The molecule has 0 fully saturated rings. The SMILES string of the molecule is COc1ccc(C2=C(c3cc(OC)c(OC)c(OC)c3)C(=NO)C(OC(C)=O)C2)cc1. The van der Waals surface area contributed by atoms with Crippen molar-refractivity contribution in [2.24, 2.45) is 5.16 Å². The van der Waals surface area contributed by atoms with Crippen LogP contribution in [0.1, 0.15) is 24.5 Å². The number of ether oxygens (including phenoxy) is 5. The fourth-order valence-corrected chi connectivity index (χ4v) is 3.71. The first-order chi connectivity index (χ1) is 15.0. The van der Waals surface area contributed by atoms with Gasteiger partial charge in [0.25, 0.3) is 0 Å². The largest absolute Gasteiger partial charge is 0.497 e. The number of rotatable bonds is 7. The molecule has 0 saturated heterocycles. The first-order valence-electron chi connectivity index (χ1n) is 9.54. The molecule has 2 aromatic rings. The van der Waals surface area contributed by atoms with Crippen LogP contribution in [0.15, 0.2) is 41.6 Å². The van der Waals surface area contributed by atoms with Crippen LogP contribution in [0.5, 0.6) is 23.0 Å². The molecule has 0 radical (unpaired) electrons. The summed E-state index contributed by atoms with van der Waals surface area (Å²) in [6, 6.07) is 11.0. The van der Waals surface area contributed by atoms with Crippen LogP contribution in [-0.2, 0) is 9.53 Å². The summed E-state index contributed by atoms with van der Waals surface area (Å²) in [5.41, 5.74) is 3.26. The van der Waals surface area contributed by atoms with Crippen molar-refractivity contribution in [2.75, 3.05) is 28.4 Å². The van der Waals surface area contributed by atoms with Crippen molar-refractivity contribution in [1.82, 2.24) is 0 Å². The highest BCUT2D eigenvalue weighted by molar-refractivity contribution is 6.35. The summed E-state index contributed by atoms with van der Waals surface area (Å²) in [6.07, 6.45) is -0.384. The van der Waals surface area contributed by atoms with Crippen molar-refractivity contribution < 1.29 is 33.7 Å². The van der Waals surface area contributed by atoms with E-state index in [-0.39, 0.29) is 5.71 Å². The van der Waals surface area contributed by atoms with Gasteiger partial charge in [-0.2, -0.15) is 0 Å². The van der Waals surface area contributed by atoms with Crippen LogP contribution in [0.3, 0.4) is 0 Å². The zero-order valence-electron chi connectivity index (χ0n) is 18.1. The average molecular weight is 427 g/mol. The van der Waals surface area contributed by atoms with Gasteiger partial charge in [0.05, 0.1) is 28.4 Å². The highest BCUT2D eigenvalue weighted by Gasteiger charge is 2.36. The van der Waals surface area contributed by atoms with Crippen molar-refractivity contribution in [3.63, 3.8) is 0 Å². The molecule has 164 valence electrons. The summed E-state index contributed by atoms with van der Waals surface area (Å²) >= 11 is 0. The lowest BCUT2D eigenvalue weighted by molar-refractivity contribution is -0.143. The average Bonchev–Trinajstić information content (AvgIpc) is 3.15. The monoisotopic (exact) mass is 427 g/mol. The van der Waals surface area contributed by atoms with Crippen LogP contribution < -0.4 is 18.9 Å². The molecule has 0 spiro atoms. The van der Waals surface area contributed by atoms with Crippen LogP contribution >= 0.6 is 0 Å². The van der Waals surface area contributed by atoms with E-state index in [1.54, 1.807) is 19.2 Å². The molecule has 1 N–H and O–H groups in total. The van der Waals surface area contributed by atoms with Crippen molar-refractivity contribution in [3.8, 4) is 23.0 Å². The normalized spacial score (nSPS) is 16.9. The lowest BCUT2D eigenvalue weighted by Gasteiger charge is -2.16. The van der Waals surface area contributed by atoms with E-state index in [1.165, 1.54) is 28.3 Å². The fourth-order valence-electron chi connectivity index (χ4n) is 3.71. The minimum atomic E-state index is -0.728. The van der Waals surface area contributed by atoms with Crippen molar-refractivity contribution in [2.45, 2.75) is 19.4 Å². The predicted molar refractivity (Wildman–Crippen MR) is 115 cm³/mol. The van der Waals surface area contributed by atoms with Crippen LogP contribution in [0.25, 0.3) is 11.1 Å². The number of nitrogens with zero attached hydrogens (tertiary/aromatic N) is 1. The summed E-state index contributed by atoms with van der Waals surface area (Å²) in [4.78, 5) is 11.7. The lowest BCUT2D eigenvalue weighted by atomic mass is 9.95. The molecule has 1 unspecified atom stereocenters. The molecule has 1 aliphatic rings. The van der Waals surface area contributed by atoms with Crippen molar-refractivity contribution in [1.29, 1.82) is 0 Å². The van der Waals surface area contributed by atoms with Gasteiger partial charge in [0.2, 0.25) is 5.75 Å². The molecule has 0 bridgehead atoms. The van der Waals surface area contributed by atoms with Gasteiger partial charge in [-0.3, -0.25) is 4.79 Å². The Morgan fingerprint density at radius 3 is 2.00 bits per heavy atom. The zero-order chi connectivity index (χ0) is 22.5. The van der Waals surface area contributed by atoms with Crippen LogP contribution in [0.4, 0.5) is 0 Å². The summed E-state index contributed by atoms with van der Waals surface area (Å²) in [7, 11) is 6.17. The van der Waals surface area contributed by atoms with Gasteiger partial charge in [-0.25, -0.2) is 0 Å². The molecular formula is C23H25NO7. The second kappa shape index (κ2) is 9.42. The second-order valence-corrected chi connectivity index (χ2v) is 6.78. The van der Waals surface area contributed by atoms with E-state index in [1.807, 2.05) is 24.3 Å². The first-order valence-corrected chi connectivity index (χ1v) is 9.54. The molecule has 8 nitrogen and oxygen atoms in total. The third-order valence-electron chi connectivity index (χ3n) is 5.06. The minimum Gasteiger partial charge on any atom is -0.497 e. The molecule has 0 aromatic heterocycles. The van der Waals surface area contributed by atoms with E-state index in [9.17, 15) is 10.0 Å². The van der Waals surface area contributed by atoms with E-state index < -0.39 is 12.1 Å². The van der Waals surface area contributed by atoms with Gasteiger partial charge in [-0.1, -0.05) is 17.3 Å². The van der Waals surface area contributed by atoms with Crippen LogP contribution in [0, 0.1) is 0 Å². The number of oxime groups is 1. The van der Waals surface area contributed by atoms with Gasteiger partial charge in [0.1, 0.15) is 11.5 Å². The number of hydrogen-bond donors (Lipinski definition) is 1. The Morgan fingerprint density at radius 1 is 0.935 bits per heavy atom. The zero-order valence-corrected chi connectivity index (χ0v) is 18.1. The van der Waals surface area contributed by atoms with Gasteiger partial charge >= 0.3 is 5.97 Å². The van der Waals surface area contributed by atoms with E-state index >= 15 is 0 Å². The predicted octanol–water partition coefficient (Wildman–Crippen LogP) is 3.80. The smallest absolute Gasteiger partial charge is 0.303 e. The Labute approximate surface area is 180 Å². The Morgan fingerprint density at radius 2 is 1.55 bits per heavy atom. The number of carbonyl (C=O) groups is 1. The molecule has 3 rings (SSSR count). The van der Waals surface area contributed by atoms with E-state index in [0.29, 0.717) is 40.6 Å². The summed E-state index contributed by atoms with van der Waals surface area (Å²) < 4.78 is 27.1. The Bertz CT molecular complexity index is 1000. The summed E-state index contributed by atoms with van der Waals surface area (Å²) in [5.74, 6) is 1.59. The van der Waals surface area contributed by atoms with Gasteiger partial charge in [0, 0.05) is 18.9 Å². The number of benzene rings is 2. The van der Waals surface area contributed by atoms with E-state index in [0.717, 1.165) is 11.1 Å². The quantitative estimate of drug-likeness (QED) is 0.408. The Hall–Kier alpha value is -3.68. The van der Waals surface area contributed by atoms with Crippen LogP contribution in [-0.4, -0.2) is 51.4 Å². The maximum Gasteiger partial charge on any atom is 0.303 e. The third kappa shape index (κ3) is 4.28. The molecule has 0 amide bonds. The molecule has 0 heterocycles. The van der Waals surface area contributed by atoms with E-state index in [4.69, 9.17) is 23.7 Å². The number of esters is 1. The van der Waals surface area contributed by atoms with E-state index in [2.05, 4.69) is 5.16 Å². The maximum absolute atomic E-state index is 11.7. The highest BCUT2D eigenvalue weighted by Crippen LogP contribution is 2.45. The fraction of sp³-hybridized carbons (Fsp3) is 0.304.